The molecule has 0 aliphatic rings. The quantitative estimate of drug-likeness (QED) is 0.374. The molecule has 0 fully saturated rings. The molecule has 0 amide bonds. The minimum Gasteiger partial charge on any atom is -0.389 e. The molecule has 0 aliphatic carbocycles. The second kappa shape index (κ2) is 3.94. The lowest BCUT2D eigenvalue weighted by atomic mass is 10.2. The van der Waals surface area contributed by atoms with Gasteiger partial charge in [0, 0.05) is 19.8 Å². The minimum absolute atomic E-state index is 0.152. The Kier molecular flexibility index (Phi) is 3.55. The Bertz CT molecular complexity index is 235. The van der Waals surface area contributed by atoms with E-state index in [2.05, 4.69) is 12.2 Å². The van der Waals surface area contributed by atoms with Crippen molar-refractivity contribution in [3.8, 4) is 6.07 Å². The highest BCUT2D eigenvalue weighted by atomic mass is 32.1. The van der Waals surface area contributed by atoms with Crippen LogP contribution in [-0.4, -0.2) is 24.0 Å². The lowest BCUT2D eigenvalue weighted by Gasteiger charge is -2.13. The average molecular weight is 169 g/mol. The van der Waals surface area contributed by atoms with Crippen LogP contribution >= 0.6 is 12.2 Å². The van der Waals surface area contributed by atoms with Crippen molar-refractivity contribution in [3.63, 3.8) is 0 Å². The van der Waals surface area contributed by atoms with E-state index in [0.29, 0.717) is 5.57 Å². The van der Waals surface area contributed by atoms with Gasteiger partial charge in [0.2, 0.25) is 0 Å². The van der Waals surface area contributed by atoms with Crippen LogP contribution in [0.5, 0.6) is 0 Å². The summed E-state index contributed by atoms with van der Waals surface area (Å²) < 4.78 is 0. The standard InChI is InChI=1S/C7H11N3S/c1-5(10(2)3)6(4-8)7(9)11/h1-3H3,(H2,9,11). The van der Waals surface area contributed by atoms with Crippen molar-refractivity contribution in [2.45, 2.75) is 6.92 Å². The molecule has 2 N–H and O–H groups in total. The van der Waals surface area contributed by atoms with Crippen LogP contribution in [0.15, 0.2) is 11.3 Å². The first-order chi connectivity index (χ1) is 5.00. The van der Waals surface area contributed by atoms with Crippen molar-refractivity contribution >= 4 is 17.2 Å². The predicted octanol–water partition coefficient (Wildman–Crippen LogP) is 0.632. The van der Waals surface area contributed by atoms with E-state index in [0.717, 1.165) is 5.70 Å². The SMILES string of the molecule is CC(=C(C#N)C(N)=S)N(C)C. The van der Waals surface area contributed by atoms with Gasteiger partial charge in [-0.25, -0.2) is 0 Å². The molecule has 60 valence electrons. The number of nitriles is 1. The largest absolute Gasteiger partial charge is 0.389 e. The third-order valence-corrected chi connectivity index (χ3v) is 1.59. The molecular formula is C7H11N3S. The Morgan fingerprint density at radius 1 is 1.55 bits per heavy atom. The van der Waals surface area contributed by atoms with Crippen LogP contribution in [0.25, 0.3) is 0 Å². The molecule has 3 nitrogen and oxygen atoms in total. The van der Waals surface area contributed by atoms with E-state index in [1.54, 1.807) is 11.8 Å². The summed E-state index contributed by atoms with van der Waals surface area (Å²) in [7, 11) is 3.68. The molecule has 0 atom stereocenters. The second-order valence-corrected chi connectivity index (χ2v) is 2.77. The molecule has 0 spiro atoms. The topological polar surface area (TPSA) is 53.1 Å². The smallest absolute Gasteiger partial charge is 0.116 e. The first-order valence-electron chi connectivity index (χ1n) is 3.08. The monoisotopic (exact) mass is 169 g/mol. The highest BCUT2D eigenvalue weighted by Gasteiger charge is 2.05. The van der Waals surface area contributed by atoms with Gasteiger partial charge in [0.05, 0.1) is 0 Å². The van der Waals surface area contributed by atoms with Crippen LogP contribution in [0.2, 0.25) is 0 Å². The third-order valence-electron chi connectivity index (χ3n) is 1.39. The lowest BCUT2D eigenvalue weighted by Crippen LogP contribution is -2.18. The summed E-state index contributed by atoms with van der Waals surface area (Å²) in [6.07, 6.45) is 0. The number of nitrogens with two attached hydrogens (primary N) is 1. The predicted molar refractivity (Wildman–Crippen MR) is 48.8 cm³/mol. The van der Waals surface area contributed by atoms with Crippen molar-refractivity contribution in [3.05, 3.63) is 11.3 Å². The molecule has 0 saturated carbocycles. The zero-order valence-corrected chi connectivity index (χ0v) is 7.70. The molecule has 0 radical (unpaired) electrons. The van der Waals surface area contributed by atoms with Crippen LogP contribution in [0.4, 0.5) is 0 Å². The number of nitrogens with zero attached hydrogens (tertiary/aromatic N) is 2. The van der Waals surface area contributed by atoms with Crippen LogP contribution in [0.3, 0.4) is 0 Å². The van der Waals surface area contributed by atoms with Crippen LogP contribution in [0, 0.1) is 11.3 Å². The highest BCUT2D eigenvalue weighted by Crippen LogP contribution is 2.05. The second-order valence-electron chi connectivity index (χ2n) is 2.33. The fraction of sp³-hybridized carbons (Fsp3) is 0.429. The summed E-state index contributed by atoms with van der Waals surface area (Å²) in [4.78, 5) is 1.95. The van der Waals surface area contributed by atoms with E-state index >= 15 is 0 Å². The van der Waals surface area contributed by atoms with Crippen LogP contribution in [-0.2, 0) is 0 Å². The lowest BCUT2D eigenvalue weighted by molar-refractivity contribution is 0.512. The fourth-order valence-electron chi connectivity index (χ4n) is 0.538. The van der Waals surface area contributed by atoms with Gasteiger partial charge in [0.15, 0.2) is 0 Å². The Morgan fingerprint density at radius 3 is 2.09 bits per heavy atom. The summed E-state index contributed by atoms with van der Waals surface area (Å²) >= 11 is 4.68. The molecule has 0 aliphatic heterocycles. The molecule has 0 saturated heterocycles. The summed E-state index contributed by atoms with van der Waals surface area (Å²) in [6, 6.07) is 1.95. The summed E-state index contributed by atoms with van der Waals surface area (Å²) in [5.74, 6) is 0. The maximum Gasteiger partial charge on any atom is 0.116 e. The summed E-state index contributed by atoms with van der Waals surface area (Å²) in [5, 5.41) is 8.61. The average Bonchev–Trinajstić information content (AvgIpc) is 1.88. The number of thiocarbonyl (C=S) groups is 1. The van der Waals surface area contributed by atoms with E-state index in [9.17, 15) is 0 Å². The van der Waals surface area contributed by atoms with Gasteiger partial charge in [-0.1, -0.05) is 12.2 Å². The van der Waals surface area contributed by atoms with Crippen molar-refractivity contribution in [2.75, 3.05) is 14.1 Å². The van der Waals surface area contributed by atoms with Gasteiger partial charge in [0.1, 0.15) is 16.6 Å². The molecule has 0 aromatic carbocycles. The molecule has 0 bridgehead atoms. The van der Waals surface area contributed by atoms with Gasteiger partial charge in [-0.15, -0.1) is 0 Å². The molecule has 0 aromatic rings. The van der Waals surface area contributed by atoms with E-state index in [-0.39, 0.29) is 4.99 Å². The number of hydrogen-bond acceptors (Lipinski definition) is 3. The Morgan fingerprint density at radius 2 is 2.00 bits per heavy atom. The summed E-state index contributed by atoms with van der Waals surface area (Å²) in [6.45, 7) is 1.80. The zero-order valence-electron chi connectivity index (χ0n) is 6.88. The van der Waals surface area contributed by atoms with Crippen LogP contribution < -0.4 is 5.73 Å². The van der Waals surface area contributed by atoms with Crippen LogP contribution in [0.1, 0.15) is 6.92 Å². The Balaban J connectivity index is 4.88. The van der Waals surface area contributed by atoms with Gasteiger partial charge in [0.25, 0.3) is 0 Å². The Hall–Kier alpha value is -1.08. The molecular weight excluding hydrogens is 158 g/mol. The minimum atomic E-state index is 0.152. The van der Waals surface area contributed by atoms with E-state index < -0.39 is 0 Å². The fourth-order valence-corrected chi connectivity index (χ4v) is 0.731. The van der Waals surface area contributed by atoms with Crippen molar-refractivity contribution < 1.29 is 0 Å². The van der Waals surface area contributed by atoms with Gasteiger partial charge in [-0.05, 0) is 6.92 Å². The number of hydrogen-bond donors (Lipinski definition) is 1. The molecule has 0 heterocycles. The first kappa shape index (κ1) is 9.92. The third kappa shape index (κ3) is 2.56. The summed E-state index contributed by atoms with van der Waals surface area (Å²) in [5.41, 5.74) is 6.48. The van der Waals surface area contributed by atoms with Crippen molar-refractivity contribution in [1.82, 2.24) is 4.90 Å². The first-order valence-corrected chi connectivity index (χ1v) is 3.49. The molecule has 0 unspecified atom stereocenters. The normalized spacial score (nSPS) is 11.5. The van der Waals surface area contributed by atoms with E-state index in [1.807, 2.05) is 20.2 Å². The highest BCUT2D eigenvalue weighted by molar-refractivity contribution is 7.80. The maximum atomic E-state index is 8.61. The molecule has 0 rings (SSSR count). The zero-order chi connectivity index (χ0) is 9.02. The number of rotatable bonds is 2. The molecule has 11 heavy (non-hydrogen) atoms. The van der Waals surface area contributed by atoms with Gasteiger partial charge >= 0.3 is 0 Å². The molecule has 0 aromatic heterocycles. The van der Waals surface area contributed by atoms with Crippen molar-refractivity contribution in [1.29, 1.82) is 5.26 Å². The maximum absolute atomic E-state index is 8.61. The van der Waals surface area contributed by atoms with Crippen molar-refractivity contribution in [2.24, 2.45) is 5.73 Å². The van der Waals surface area contributed by atoms with E-state index in [1.165, 1.54) is 0 Å². The Labute approximate surface area is 72.1 Å². The van der Waals surface area contributed by atoms with Gasteiger partial charge in [-0.2, -0.15) is 5.26 Å². The number of allylic oxidation sites excluding steroid dienone is 1. The van der Waals surface area contributed by atoms with Gasteiger partial charge < -0.3 is 10.6 Å². The van der Waals surface area contributed by atoms with E-state index in [4.69, 9.17) is 11.0 Å². The molecule has 4 heteroatoms. The van der Waals surface area contributed by atoms with Gasteiger partial charge in [-0.3, -0.25) is 0 Å².